The monoisotopic (exact) mass is 328 g/mol. The normalized spacial score (nSPS) is 12.5. The molecule has 0 spiro atoms. The molecule has 5 heteroatoms. The van der Waals surface area contributed by atoms with Crippen LogP contribution in [0.4, 0.5) is 0 Å². The Hall–Kier alpha value is -0.940. The van der Waals surface area contributed by atoms with Gasteiger partial charge in [0, 0.05) is 13.2 Å². The summed E-state index contributed by atoms with van der Waals surface area (Å²) in [7, 11) is 0. The summed E-state index contributed by atoms with van der Waals surface area (Å²) in [6.45, 7) is 5.01. The quantitative estimate of drug-likeness (QED) is 0.756. The number of pyridine rings is 1. The smallest absolute Gasteiger partial charge is 0.269 e. The fourth-order valence-corrected chi connectivity index (χ4v) is 2.36. The Balaban J connectivity index is 2.51. The average Bonchev–Trinajstić information content (AvgIpc) is 2.35. The van der Waals surface area contributed by atoms with Crippen LogP contribution in [-0.4, -0.2) is 29.1 Å². The summed E-state index contributed by atoms with van der Waals surface area (Å²) in [6.07, 6.45) is 1.71. The molecule has 1 aromatic rings. The van der Waals surface area contributed by atoms with Gasteiger partial charge in [0.2, 0.25) is 0 Å². The molecule has 1 heterocycles. The fourth-order valence-electron chi connectivity index (χ4n) is 2.01. The second kappa shape index (κ2) is 8.27. The first-order valence-electron chi connectivity index (χ1n) is 6.54. The van der Waals surface area contributed by atoms with Gasteiger partial charge in [-0.05, 0) is 52.7 Å². The molecule has 0 aliphatic carbocycles. The number of aliphatic hydroxyl groups is 1. The molecule has 0 aromatic carbocycles. The van der Waals surface area contributed by atoms with Crippen molar-refractivity contribution in [3.05, 3.63) is 28.5 Å². The first-order chi connectivity index (χ1) is 9.02. The van der Waals surface area contributed by atoms with Gasteiger partial charge in [-0.15, -0.1) is 0 Å². The Morgan fingerprint density at radius 3 is 2.79 bits per heavy atom. The zero-order chi connectivity index (χ0) is 14.3. The van der Waals surface area contributed by atoms with Crippen molar-refractivity contribution >= 4 is 21.8 Å². The maximum absolute atomic E-state index is 11.9. The lowest BCUT2D eigenvalue weighted by molar-refractivity contribution is 0.0936. The van der Waals surface area contributed by atoms with Gasteiger partial charge in [-0.1, -0.05) is 19.9 Å². The number of rotatable bonds is 7. The predicted octanol–water partition coefficient (Wildman–Crippen LogP) is 2.62. The van der Waals surface area contributed by atoms with Crippen LogP contribution in [0.25, 0.3) is 0 Å². The molecular formula is C14H21BrN2O2. The highest BCUT2D eigenvalue weighted by Crippen LogP contribution is 2.14. The standard InChI is InChI=1S/C14H21BrN2O2/c1-10(2)8-11(6-7-18)9-16-14(19)12-4-3-5-13(15)17-12/h3-5,10-11,18H,6-9H2,1-2H3,(H,16,19). The number of aromatic nitrogens is 1. The number of halogens is 1. The van der Waals surface area contributed by atoms with Crippen LogP contribution in [0.1, 0.15) is 37.2 Å². The van der Waals surface area contributed by atoms with Gasteiger partial charge in [0.05, 0.1) is 0 Å². The molecule has 0 bridgehead atoms. The molecule has 0 saturated heterocycles. The van der Waals surface area contributed by atoms with Crippen LogP contribution in [0.2, 0.25) is 0 Å². The minimum atomic E-state index is -0.173. The highest BCUT2D eigenvalue weighted by Gasteiger charge is 2.13. The summed E-state index contributed by atoms with van der Waals surface area (Å²) >= 11 is 3.24. The van der Waals surface area contributed by atoms with Gasteiger partial charge in [-0.3, -0.25) is 4.79 Å². The van der Waals surface area contributed by atoms with Crippen molar-refractivity contribution in [1.29, 1.82) is 0 Å². The molecule has 1 atom stereocenters. The topological polar surface area (TPSA) is 62.2 Å². The summed E-state index contributed by atoms with van der Waals surface area (Å²) in [5.74, 6) is 0.687. The number of hydrogen-bond acceptors (Lipinski definition) is 3. The van der Waals surface area contributed by atoms with Gasteiger partial charge < -0.3 is 10.4 Å². The maximum atomic E-state index is 11.9. The van der Waals surface area contributed by atoms with Crippen molar-refractivity contribution in [2.24, 2.45) is 11.8 Å². The van der Waals surface area contributed by atoms with Crippen molar-refractivity contribution in [1.82, 2.24) is 10.3 Å². The van der Waals surface area contributed by atoms with Gasteiger partial charge in [-0.25, -0.2) is 4.98 Å². The molecule has 4 nitrogen and oxygen atoms in total. The predicted molar refractivity (Wildman–Crippen MR) is 78.9 cm³/mol. The number of carbonyl (C=O) groups is 1. The van der Waals surface area contributed by atoms with Crippen molar-refractivity contribution in [3.63, 3.8) is 0 Å². The van der Waals surface area contributed by atoms with E-state index in [1.165, 1.54) is 0 Å². The molecular weight excluding hydrogens is 308 g/mol. The molecule has 0 aliphatic heterocycles. The Labute approximate surface area is 122 Å². The van der Waals surface area contributed by atoms with Gasteiger partial charge in [0.25, 0.3) is 5.91 Å². The van der Waals surface area contributed by atoms with E-state index in [1.807, 2.05) is 0 Å². The Kier molecular flexibility index (Phi) is 7.02. The van der Waals surface area contributed by atoms with Crippen molar-refractivity contribution in [3.8, 4) is 0 Å². The van der Waals surface area contributed by atoms with E-state index in [2.05, 4.69) is 40.1 Å². The largest absolute Gasteiger partial charge is 0.396 e. The summed E-state index contributed by atoms with van der Waals surface area (Å²) in [6, 6.07) is 5.25. The van der Waals surface area contributed by atoms with Gasteiger partial charge in [-0.2, -0.15) is 0 Å². The molecule has 1 rings (SSSR count). The Morgan fingerprint density at radius 2 is 2.21 bits per heavy atom. The molecule has 0 fully saturated rings. The minimum Gasteiger partial charge on any atom is -0.396 e. The van der Waals surface area contributed by atoms with Crippen LogP contribution in [0, 0.1) is 11.8 Å². The third kappa shape index (κ3) is 6.16. The van der Waals surface area contributed by atoms with Crippen LogP contribution in [0.15, 0.2) is 22.8 Å². The lowest BCUT2D eigenvalue weighted by Gasteiger charge is -2.18. The van der Waals surface area contributed by atoms with E-state index in [4.69, 9.17) is 5.11 Å². The fraction of sp³-hybridized carbons (Fsp3) is 0.571. The van der Waals surface area contributed by atoms with E-state index in [0.29, 0.717) is 35.1 Å². The summed E-state index contributed by atoms with van der Waals surface area (Å²) < 4.78 is 0.647. The summed E-state index contributed by atoms with van der Waals surface area (Å²) in [4.78, 5) is 16.0. The second-order valence-electron chi connectivity index (χ2n) is 5.06. The zero-order valence-corrected chi connectivity index (χ0v) is 13.0. The first-order valence-corrected chi connectivity index (χ1v) is 7.33. The third-order valence-electron chi connectivity index (χ3n) is 2.84. The lowest BCUT2D eigenvalue weighted by Crippen LogP contribution is -2.31. The average molecular weight is 329 g/mol. The molecule has 0 saturated carbocycles. The van der Waals surface area contributed by atoms with Crippen LogP contribution in [0.3, 0.4) is 0 Å². The summed E-state index contributed by atoms with van der Waals surface area (Å²) in [5, 5.41) is 11.9. The van der Waals surface area contributed by atoms with E-state index in [1.54, 1.807) is 18.2 Å². The van der Waals surface area contributed by atoms with Crippen molar-refractivity contribution in [2.75, 3.05) is 13.2 Å². The van der Waals surface area contributed by atoms with Gasteiger partial charge in [0.1, 0.15) is 10.3 Å². The Morgan fingerprint density at radius 1 is 1.47 bits per heavy atom. The third-order valence-corrected chi connectivity index (χ3v) is 3.28. The first kappa shape index (κ1) is 16.1. The van der Waals surface area contributed by atoms with E-state index in [0.717, 1.165) is 6.42 Å². The maximum Gasteiger partial charge on any atom is 0.269 e. The number of hydrogen-bond donors (Lipinski definition) is 2. The second-order valence-corrected chi connectivity index (χ2v) is 5.88. The number of amides is 1. The number of nitrogens with one attached hydrogen (secondary N) is 1. The molecule has 0 radical (unpaired) electrons. The van der Waals surface area contributed by atoms with E-state index >= 15 is 0 Å². The number of carbonyl (C=O) groups excluding carboxylic acids is 1. The van der Waals surface area contributed by atoms with Crippen molar-refractivity contribution in [2.45, 2.75) is 26.7 Å². The molecule has 1 aromatic heterocycles. The minimum absolute atomic E-state index is 0.155. The highest BCUT2D eigenvalue weighted by atomic mass is 79.9. The summed E-state index contributed by atoms with van der Waals surface area (Å²) in [5.41, 5.74) is 0.404. The molecule has 1 amide bonds. The lowest BCUT2D eigenvalue weighted by atomic mass is 9.94. The number of nitrogens with zero attached hydrogens (tertiary/aromatic N) is 1. The number of aliphatic hydroxyl groups excluding tert-OH is 1. The van der Waals surface area contributed by atoms with Crippen LogP contribution < -0.4 is 5.32 Å². The molecule has 0 aliphatic rings. The van der Waals surface area contributed by atoms with E-state index in [9.17, 15) is 4.79 Å². The van der Waals surface area contributed by atoms with Gasteiger partial charge >= 0.3 is 0 Å². The SMILES string of the molecule is CC(C)CC(CCO)CNC(=O)c1cccc(Br)n1. The van der Waals surface area contributed by atoms with E-state index in [-0.39, 0.29) is 12.5 Å². The highest BCUT2D eigenvalue weighted by molar-refractivity contribution is 9.10. The van der Waals surface area contributed by atoms with Crippen molar-refractivity contribution < 1.29 is 9.90 Å². The molecule has 1 unspecified atom stereocenters. The van der Waals surface area contributed by atoms with Crippen LogP contribution in [-0.2, 0) is 0 Å². The molecule has 2 N–H and O–H groups in total. The van der Waals surface area contributed by atoms with Crippen LogP contribution in [0.5, 0.6) is 0 Å². The molecule has 106 valence electrons. The zero-order valence-electron chi connectivity index (χ0n) is 11.4. The Bertz CT molecular complexity index is 410. The molecule has 19 heavy (non-hydrogen) atoms. The van der Waals surface area contributed by atoms with E-state index < -0.39 is 0 Å². The van der Waals surface area contributed by atoms with Gasteiger partial charge in [0.15, 0.2) is 0 Å². The van der Waals surface area contributed by atoms with Crippen LogP contribution >= 0.6 is 15.9 Å².